The molecule has 3 rings (SSSR count). The average Bonchev–Trinajstić information content (AvgIpc) is 2.84. The van der Waals surface area contributed by atoms with Gasteiger partial charge in [-0.15, -0.1) is 0 Å². The van der Waals surface area contributed by atoms with Gasteiger partial charge in [0.15, 0.2) is 0 Å². The van der Waals surface area contributed by atoms with Gasteiger partial charge in [0.1, 0.15) is 12.6 Å². The van der Waals surface area contributed by atoms with Crippen molar-refractivity contribution >= 4 is 50.7 Å². The molecular weight excluding hydrogens is 533 g/mol. The molecule has 2 aromatic rings. The third-order valence-electron chi connectivity index (χ3n) is 6.63. The van der Waals surface area contributed by atoms with Crippen molar-refractivity contribution in [3.8, 4) is 0 Å². The van der Waals surface area contributed by atoms with Crippen molar-refractivity contribution in [3.63, 3.8) is 0 Å². The molecule has 202 valence electrons. The highest BCUT2D eigenvalue weighted by Gasteiger charge is 2.33. The number of rotatable bonds is 10. The van der Waals surface area contributed by atoms with Crippen LogP contribution in [0.5, 0.6) is 0 Å². The zero-order valence-corrected chi connectivity index (χ0v) is 23.9. The van der Waals surface area contributed by atoms with Crippen LogP contribution in [0.15, 0.2) is 42.5 Å². The van der Waals surface area contributed by atoms with E-state index in [1.807, 2.05) is 38.1 Å². The molecule has 1 saturated carbocycles. The molecule has 10 heteroatoms. The number of hydrogen-bond donors (Lipinski definition) is 1. The van der Waals surface area contributed by atoms with Gasteiger partial charge in [0.2, 0.25) is 21.8 Å². The molecule has 2 aromatic carbocycles. The number of carbonyl (C=O) groups is 2. The lowest BCUT2D eigenvalue weighted by atomic mass is 9.95. The van der Waals surface area contributed by atoms with Crippen LogP contribution in [0, 0.1) is 6.92 Å². The molecule has 0 spiro atoms. The zero-order valence-electron chi connectivity index (χ0n) is 21.5. The van der Waals surface area contributed by atoms with Crippen molar-refractivity contribution in [3.05, 3.63) is 63.6 Å². The van der Waals surface area contributed by atoms with Crippen LogP contribution in [0.2, 0.25) is 10.0 Å². The van der Waals surface area contributed by atoms with Crippen molar-refractivity contribution in [1.82, 2.24) is 10.2 Å². The summed E-state index contributed by atoms with van der Waals surface area (Å²) in [6.07, 6.45) is 6.53. The van der Waals surface area contributed by atoms with E-state index in [2.05, 4.69) is 5.32 Å². The van der Waals surface area contributed by atoms with E-state index >= 15 is 0 Å². The standard InChI is InChI=1S/C27H35Cl2N3O4S/c1-4-24(27(34)30-22-11-6-5-7-12-22)31(17-20-10-8-9-19(2)15-20)26(33)18-32(37(3,35)36)25-16-21(28)13-14-23(25)29/h8-10,13-16,22,24H,4-7,11-12,17-18H2,1-3H3,(H,30,34). The molecule has 1 aliphatic rings. The minimum atomic E-state index is -3.90. The molecule has 1 N–H and O–H groups in total. The van der Waals surface area contributed by atoms with E-state index in [1.54, 1.807) is 6.07 Å². The second-order valence-electron chi connectivity index (χ2n) is 9.64. The van der Waals surface area contributed by atoms with E-state index < -0.39 is 28.5 Å². The maximum Gasteiger partial charge on any atom is 0.244 e. The summed E-state index contributed by atoms with van der Waals surface area (Å²) in [5.41, 5.74) is 1.98. The number of carbonyl (C=O) groups excluding carboxylic acids is 2. The predicted molar refractivity (Wildman–Crippen MR) is 149 cm³/mol. The number of aryl methyl sites for hydroxylation is 1. The number of anilines is 1. The lowest BCUT2D eigenvalue weighted by Crippen LogP contribution is -2.54. The van der Waals surface area contributed by atoms with Crippen molar-refractivity contribution < 1.29 is 18.0 Å². The largest absolute Gasteiger partial charge is 0.352 e. The van der Waals surface area contributed by atoms with Gasteiger partial charge in [-0.25, -0.2) is 8.42 Å². The van der Waals surface area contributed by atoms with Crippen LogP contribution < -0.4 is 9.62 Å². The summed E-state index contributed by atoms with van der Waals surface area (Å²) >= 11 is 12.4. The van der Waals surface area contributed by atoms with Crippen LogP contribution in [0.25, 0.3) is 0 Å². The highest BCUT2D eigenvalue weighted by molar-refractivity contribution is 7.92. The molecule has 37 heavy (non-hydrogen) atoms. The Morgan fingerprint density at radius 3 is 2.41 bits per heavy atom. The van der Waals surface area contributed by atoms with E-state index in [-0.39, 0.29) is 34.2 Å². The normalized spacial score (nSPS) is 15.2. The Morgan fingerprint density at radius 2 is 1.78 bits per heavy atom. The second-order valence-corrected chi connectivity index (χ2v) is 12.4. The molecule has 2 amide bonds. The molecule has 0 aliphatic heterocycles. The van der Waals surface area contributed by atoms with E-state index in [0.717, 1.165) is 53.8 Å². The molecule has 1 aliphatic carbocycles. The summed E-state index contributed by atoms with van der Waals surface area (Å²) in [6, 6.07) is 11.5. The summed E-state index contributed by atoms with van der Waals surface area (Å²) in [5.74, 6) is -0.726. The van der Waals surface area contributed by atoms with Gasteiger partial charge in [0.05, 0.1) is 17.0 Å². The van der Waals surface area contributed by atoms with E-state index in [4.69, 9.17) is 23.2 Å². The molecule has 0 bridgehead atoms. The lowest BCUT2D eigenvalue weighted by Gasteiger charge is -2.34. The van der Waals surface area contributed by atoms with Gasteiger partial charge in [-0.05, 0) is 49.9 Å². The Labute approximate surface area is 230 Å². The summed E-state index contributed by atoms with van der Waals surface area (Å²) in [6.45, 7) is 3.45. The van der Waals surface area contributed by atoms with Crippen LogP contribution in [0.3, 0.4) is 0 Å². The highest BCUT2D eigenvalue weighted by Crippen LogP contribution is 2.31. The second kappa shape index (κ2) is 13.0. The highest BCUT2D eigenvalue weighted by atomic mass is 35.5. The smallest absolute Gasteiger partial charge is 0.244 e. The lowest BCUT2D eigenvalue weighted by molar-refractivity contribution is -0.140. The number of halogens is 2. The fraction of sp³-hybridized carbons (Fsp3) is 0.481. The van der Waals surface area contributed by atoms with Crippen LogP contribution in [0.4, 0.5) is 5.69 Å². The number of amides is 2. The van der Waals surface area contributed by atoms with Gasteiger partial charge in [0.25, 0.3) is 0 Å². The number of nitrogens with one attached hydrogen (secondary N) is 1. The van der Waals surface area contributed by atoms with Crippen molar-refractivity contribution in [2.24, 2.45) is 0 Å². The van der Waals surface area contributed by atoms with E-state index in [1.165, 1.54) is 17.0 Å². The number of sulfonamides is 1. The van der Waals surface area contributed by atoms with E-state index in [9.17, 15) is 18.0 Å². The monoisotopic (exact) mass is 567 g/mol. The quantitative estimate of drug-likeness (QED) is 0.420. The first-order valence-electron chi connectivity index (χ1n) is 12.6. The molecule has 1 unspecified atom stereocenters. The van der Waals surface area contributed by atoms with Gasteiger partial charge in [-0.3, -0.25) is 13.9 Å². The molecule has 0 aromatic heterocycles. The first-order chi connectivity index (χ1) is 17.5. The Hall–Kier alpha value is -2.29. The van der Waals surface area contributed by atoms with Gasteiger partial charge < -0.3 is 10.2 Å². The number of benzene rings is 2. The maximum atomic E-state index is 13.8. The SMILES string of the molecule is CCC(C(=O)NC1CCCCC1)N(Cc1cccc(C)c1)C(=O)CN(c1cc(Cl)ccc1Cl)S(C)(=O)=O. The minimum Gasteiger partial charge on any atom is -0.352 e. The summed E-state index contributed by atoms with van der Waals surface area (Å²) in [5, 5.41) is 3.57. The molecule has 1 fully saturated rings. The number of nitrogens with zero attached hydrogens (tertiary/aromatic N) is 2. The Morgan fingerprint density at radius 1 is 1.08 bits per heavy atom. The Kier molecular flexibility index (Phi) is 10.3. The van der Waals surface area contributed by atoms with Crippen molar-refractivity contribution in [2.45, 2.75) is 71.0 Å². The van der Waals surface area contributed by atoms with Crippen LogP contribution in [0.1, 0.15) is 56.6 Å². The predicted octanol–water partition coefficient (Wildman–Crippen LogP) is 5.32. The first kappa shape index (κ1) is 29.3. The minimum absolute atomic E-state index is 0.0870. The Bertz CT molecular complexity index is 1220. The van der Waals surface area contributed by atoms with Crippen LogP contribution >= 0.6 is 23.2 Å². The fourth-order valence-electron chi connectivity index (χ4n) is 4.74. The molecular formula is C27H35Cl2N3O4S. The van der Waals surface area contributed by atoms with Gasteiger partial charge >= 0.3 is 0 Å². The maximum absolute atomic E-state index is 13.8. The molecule has 0 heterocycles. The van der Waals surface area contributed by atoms with Gasteiger partial charge in [-0.2, -0.15) is 0 Å². The van der Waals surface area contributed by atoms with Crippen LogP contribution in [-0.2, 0) is 26.2 Å². The molecule has 0 saturated heterocycles. The summed E-state index contributed by atoms with van der Waals surface area (Å²) in [4.78, 5) is 28.7. The van der Waals surface area contributed by atoms with Gasteiger partial charge in [0, 0.05) is 17.6 Å². The zero-order chi connectivity index (χ0) is 27.2. The molecule has 0 radical (unpaired) electrons. The van der Waals surface area contributed by atoms with E-state index in [0.29, 0.717) is 6.42 Å². The van der Waals surface area contributed by atoms with Gasteiger partial charge in [-0.1, -0.05) is 79.2 Å². The third-order valence-corrected chi connectivity index (χ3v) is 8.31. The summed E-state index contributed by atoms with van der Waals surface area (Å²) < 4.78 is 26.5. The topological polar surface area (TPSA) is 86.8 Å². The fourth-order valence-corrected chi connectivity index (χ4v) is 6.03. The first-order valence-corrected chi connectivity index (χ1v) is 15.2. The molecule has 7 nitrogen and oxygen atoms in total. The van der Waals surface area contributed by atoms with Crippen LogP contribution in [-0.4, -0.2) is 50.0 Å². The molecule has 1 atom stereocenters. The van der Waals surface area contributed by atoms with Crippen molar-refractivity contribution in [2.75, 3.05) is 17.1 Å². The van der Waals surface area contributed by atoms with Crippen molar-refractivity contribution in [1.29, 1.82) is 0 Å². The average molecular weight is 569 g/mol. The third kappa shape index (κ3) is 8.09. The summed E-state index contributed by atoms with van der Waals surface area (Å²) in [7, 11) is -3.90. The Balaban J connectivity index is 1.94. The number of hydrogen-bond acceptors (Lipinski definition) is 4.